The Labute approximate surface area is 164 Å². The number of nitrogens with zero attached hydrogens (tertiary/aromatic N) is 1. The molecule has 27 heavy (non-hydrogen) atoms. The van der Waals surface area contributed by atoms with Gasteiger partial charge in [0.1, 0.15) is 5.75 Å². The number of ether oxygens (including phenoxy) is 1. The summed E-state index contributed by atoms with van der Waals surface area (Å²) in [7, 11) is -2.10. The summed E-state index contributed by atoms with van der Waals surface area (Å²) in [5.41, 5.74) is 0.449. The van der Waals surface area contributed by atoms with Gasteiger partial charge in [0.05, 0.1) is 12.0 Å². The van der Waals surface area contributed by atoms with Crippen LogP contribution in [0.25, 0.3) is 0 Å². The van der Waals surface area contributed by atoms with E-state index < -0.39 is 10.0 Å². The third-order valence-electron chi connectivity index (χ3n) is 4.57. The third kappa shape index (κ3) is 4.43. The van der Waals surface area contributed by atoms with Crippen LogP contribution in [0.5, 0.6) is 5.75 Å². The summed E-state index contributed by atoms with van der Waals surface area (Å²) >= 11 is 5.91. The molecule has 1 aliphatic rings. The first-order valence-corrected chi connectivity index (χ1v) is 10.4. The highest BCUT2D eigenvalue weighted by atomic mass is 35.5. The van der Waals surface area contributed by atoms with Crippen molar-refractivity contribution in [3.05, 3.63) is 59.1 Å². The molecule has 1 heterocycles. The summed E-state index contributed by atoms with van der Waals surface area (Å²) in [6, 6.07) is 12.7. The Morgan fingerprint density at radius 3 is 2.67 bits per heavy atom. The van der Waals surface area contributed by atoms with Gasteiger partial charge in [-0.1, -0.05) is 17.7 Å². The average Bonchev–Trinajstić information content (AvgIpc) is 3.15. The van der Waals surface area contributed by atoms with E-state index in [0.29, 0.717) is 29.3 Å². The normalized spacial score (nSPS) is 17.6. The first-order chi connectivity index (χ1) is 12.9. The van der Waals surface area contributed by atoms with E-state index >= 15 is 0 Å². The van der Waals surface area contributed by atoms with E-state index in [-0.39, 0.29) is 23.4 Å². The number of benzene rings is 2. The van der Waals surface area contributed by atoms with Crippen LogP contribution in [-0.2, 0) is 10.0 Å². The van der Waals surface area contributed by atoms with E-state index in [0.717, 1.165) is 6.42 Å². The molecule has 2 aromatic carbocycles. The first kappa shape index (κ1) is 19.7. The second-order valence-corrected chi connectivity index (χ2v) is 8.63. The molecule has 144 valence electrons. The Hall–Kier alpha value is -2.09. The molecule has 0 aromatic heterocycles. The maximum atomic E-state index is 13.0. The Morgan fingerprint density at radius 1 is 1.26 bits per heavy atom. The number of rotatable bonds is 6. The van der Waals surface area contributed by atoms with Crippen LogP contribution in [0.15, 0.2) is 53.4 Å². The van der Waals surface area contributed by atoms with E-state index in [1.54, 1.807) is 36.4 Å². The van der Waals surface area contributed by atoms with Gasteiger partial charge in [0, 0.05) is 29.7 Å². The molecule has 3 rings (SSSR count). The zero-order valence-electron chi connectivity index (χ0n) is 14.9. The van der Waals surface area contributed by atoms with Crippen LogP contribution in [-0.4, -0.2) is 44.9 Å². The maximum absolute atomic E-state index is 13.0. The fraction of sp³-hybridized carbons (Fsp3) is 0.316. The molecule has 1 atom stereocenters. The van der Waals surface area contributed by atoms with Crippen LogP contribution in [0.2, 0.25) is 5.02 Å². The monoisotopic (exact) mass is 408 g/mol. The van der Waals surface area contributed by atoms with Crippen molar-refractivity contribution < 1.29 is 17.9 Å². The maximum Gasteiger partial charge on any atom is 0.251 e. The van der Waals surface area contributed by atoms with Gasteiger partial charge in [0.15, 0.2) is 0 Å². The van der Waals surface area contributed by atoms with E-state index in [1.165, 1.54) is 23.5 Å². The number of amides is 1. The van der Waals surface area contributed by atoms with Crippen LogP contribution in [0.4, 0.5) is 0 Å². The Morgan fingerprint density at radius 2 is 2.00 bits per heavy atom. The molecule has 6 nitrogen and oxygen atoms in total. The minimum atomic E-state index is -3.63. The summed E-state index contributed by atoms with van der Waals surface area (Å²) in [4.78, 5) is 12.5. The van der Waals surface area contributed by atoms with Gasteiger partial charge in [-0.05, 0) is 55.3 Å². The van der Waals surface area contributed by atoms with Crippen molar-refractivity contribution in [2.24, 2.45) is 0 Å². The van der Waals surface area contributed by atoms with Gasteiger partial charge < -0.3 is 10.1 Å². The molecule has 1 N–H and O–H groups in total. The fourth-order valence-corrected chi connectivity index (χ4v) is 5.04. The van der Waals surface area contributed by atoms with Crippen LogP contribution >= 0.6 is 11.6 Å². The van der Waals surface area contributed by atoms with Crippen molar-refractivity contribution in [1.29, 1.82) is 0 Å². The number of nitrogens with one attached hydrogen (secondary N) is 1. The Balaban J connectivity index is 1.70. The molecule has 1 saturated heterocycles. The van der Waals surface area contributed by atoms with E-state index in [9.17, 15) is 13.2 Å². The van der Waals surface area contributed by atoms with E-state index in [1.807, 2.05) is 0 Å². The van der Waals surface area contributed by atoms with Crippen molar-refractivity contribution in [3.8, 4) is 5.75 Å². The van der Waals surface area contributed by atoms with Crippen molar-refractivity contribution in [2.45, 2.75) is 23.8 Å². The van der Waals surface area contributed by atoms with E-state index in [2.05, 4.69) is 5.32 Å². The minimum Gasteiger partial charge on any atom is -0.497 e. The highest BCUT2D eigenvalue weighted by molar-refractivity contribution is 7.89. The fourth-order valence-electron chi connectivity index (χ4n) is 3.16. The Bertz CT molecular complexity index is 916. The lowest BCUT2D eigenvalue weighted by Crippen LogP contribution is -2.43. The average molecular weight is 409 g/mol. The summed E-state index contributed by atoms with van der Waals surface area (Å²) in [5.74, 6) is 0.326. The number of carbonyl (C=O) groups excluding carboxylic acids is 1. The molecular weight excluding hydrogens is 388 g/mol. The van der Waals surface area contributed by atoms with Crippen molar-refractivity contribution in [1.82, 2.24) is 9.62 Å². The molecule has 0 saturated carbocycles. The standard InChI is InChI=1S/C19H21ClN2O4S/c1-26-17-7-9-18(10-8-17)27(24,25)22-11-3-6-16(22)13-21-19(23)14-4-2-5-15(20)12-14/h2,4-5,7-10,12,16H,3,6,11,13H2,1H3,(H,21,23)/t16-/m1/s1. The Kier molecular flexibility index (Phi) is 6.04. The quantitative estimate of drug-likeness (QED) is 0.797. The second-order valence-electron chi connectivity index (χ2n) is 6.31. The molecule has 2 aromatic rings. The summed E-state index contributed by atoms with van der Waals surface area (Å²) in [6.07, 6.45) is 1.46. The number of halogens is 1. The molecule has 0 spiro atoms. The van der Waals surface area contributed by atoms with Gasteiger partial charge in [-0.25, -0.2) is 8.42 Å². The SMILES string of the molecule is COc1ccc(S(=O)(=O)N2CCC[C@@H]2CNC(=O)c2cccc(Cl)c2)cc1. The van der Waals surface area contributed by atoms with Crippen LogP contribution in [0.1, 0.15) is 23.2 Å². The molecule has 8 heteroatoms. The highest BCUT2D eigenvalue weighted by Crippen LogP contribution is 2.27. The molecule has 1 amide bonds. The largest absolute Gasteiger partial charge is 0.497 e. The smallest absolute Gasteiger partial charge is 0.251 e. The zero-order chi connectivity index (χ0) is 19.4. The lowest BCUT2D eigenvalue weighted by Gasteiger charge is -2.24. The molecule has 1 fully saturated rings. The second kappa shape index (κ2) is 8.29. The van der Waals surface area contributed by atoms with Crippen molar-refractivity contribution >= 4 is 27.5 Å². The van der Waals surface area contributed by atoms with Crippen molar-refractivity contribution in [3.63, 3.8) is 0 Å². The van der Waals surface area contributed by atoms with Gasteiger partial charge in [-0.15, -0.1) is 0 Å². The van der Waals surface area contributed by atoms with Crippen LogP contribution in [0.3, 0.4) is 0 Å². The number of methoxy groups -OCH3 is 1. The lowest BCUT2D eigenvalue weighted by atomic mass is 10.2. The number of hydrogen-bond acceptors (Lipinski definition) is 4. The van der Waals surface area contributed by atoms with Gasteiger partial charge in [0.25, 0.3) is 5.91 Å². The van der Waals surface area contributed by atoms with Gasteiger partial charge in [-0.3, -0.25) is 4.79 Å². The first-order valence-electron chi connectivity index (χ1n) is 8.61. The molecule has 1 aliphatic heterocycles. The number of carbonyl (C=O) groups is 1. The minimum absolute atomic E-state index is 0.219. The summed E-state index contributed by atoms with van der Waals surface area (Å²) in [5, 5.41) is 3.30. The molecule has 0 radical (unpaired) electrons. The van der Waals surface area contributed by atoms with Gasteiger partial charge in [0.2, 0.25) is 10.0 Å². The zero-order valence-corrected chi connectivity index (χ0v) is 16.5. The topological polar surface area (TPSA) is 75.7 Å². The van der Waals surface area contributed by atoms with Crippen LogP contribution in [0, 0.1) is 0 Å². The molecular formula is C19H21ClN2O4S. The summed E-state index contributed by atoms with van der Waals surface area (Å²) < 4.78 is 32.5. The van der Waals surface area contributed by atoms with Crippen LogP contribution < -0.4 is 10.1 Å². The number of sulfonamides is 1. The predicted molar refractivity (Wildman–Crippen MR) is 104 cm³/mol. The van der Waals surface area contributed by atoms with Crippen molar-refractivity contribution in [2.75, 3.05) is 20.2 Å². The third-order valence-corrected chi connectivity index (χ3v) is 6.78. The predicted octanol–water partition coefficient (Wildman–Crippen LogP) is 2.93. The number of hydrogen-bond donors (Lipinski definition) is 1. The summed E-state index contributed by atoms with van der Waals surface area (Å²) in [6.45, 7) is 0.687. The van der Waals surface area contributed by atoms with Gasteiger partial charge >= 0.3 is 0 Å². The lowest BCUT2D eigenvalue weighted by molar-refractivity contribution is 0.0946. The molecule has 0 bridgehead atoms. The van der Waals surface area contributed by atoms with Gasteiger partial charge in [-0.2, -0.15) is 4.31 Å². The molecule has 0 unspecified atom stereocenters. The highest BCUT2D eigenvalue weighted by Gasteiger charge is 2.35. The van der Waals surface area contributed by atoms with E-state index in [4.69, 9.17) is 16.3 Å². The molecule has 0 aliphatic carbocycles.